The zero-order valence-electron chi connectivity index (χ0n) is 17.3. The fourth-order valence-electron chi connectivity index (χ4n) is 3.11. The van der Waals surface area contributed by atoms with Gasteiger partial charge in [-0.2, -0.15) is 5.10 Å². The Kier molecular flexibility index (Phi) is 6.00. The summed E-state index contributed by atoms with van der Waals surface area (Å²) < 4.78 is 28.6. The molecule has 0 bridgehead atoms. The fraction of sp³-hybridized carbons (Fsp3) is 0.0870. The molecule has 0 aliphatic heterocycles. The summed E-state index contributed by atoms with van der Waals surface area (Å²) in [5, 5.41) is 7.04. The average Bonchev–Trinajstić information content (AvgIpc) is 3.26. The van der Waals surface area contributed by atoms with Gasteiger partial charge in [0.25, 0.3) is 15.9 Å². The number of carbonyl (C=O) groups is 1. The second kappa shape index (κ2) is 9.03. The molecule has 0 atom stereocenters. The van der Waals surface area contributed by atoms with Crippen molar-refractivity contribution < 1.29 is 13.2 Å². The second-order valence-electron chi connectivity index (χ2n) is 6.98. The molecule has 0 saturated heterocycles. The quantitative estimate of drug-likeness (QED) is 0.468. The van der Waals surface area contributed by atoms with Crippen LogP contribution in [0.25, 0.3) is 0 Å². The molecule has 1 amide bonds. The Bertz CT molecular complexity index is 1300. The van der Waals surface area contributed by atoms with Gasteiger partial charge < -0.3 is 5.32 Å². The molecule has 2 heterocycles. The van der Waals surface area contributed by atoms with E-state index in [-0.39, 0.29) is 10.8 Å². The van der Waals surface area contributed by atoms with Crippen LogP contribution in [0.4, 0.5) is 11.5 Å². The van der Waals surface area contributed by atoms with Crippen LogP contribution in [0.5, 0.6) is 0 Å². The molecule has 0 aliphatic carbocycles. The number of nitrogens with zero attached hydrogens (tertiary/aromatic N) is 4. The van der Waals surface area contributed by atoms with E-state index in [1.165, 1.54) is 35.6 Å². The largest absolute Gasteiger partial charge is 0.307 e. The van der Waals surface area contributed by atoms with Crippen molar-refractivity contribution in [2.75, 3.05) is 16.7 Å². The SMILES string of the molecule is CN(c1ccccc1)S(=O)(=O)c1ccc(C(=O)Nc2ccnn2Cc2ccccn2)cc1. The molecule has 4 rings (SSSR count). The first kappa shape index (κ1) is 21.3. The minimum Gasteiger partial charge on any atom is -0.307 e. The minimum atomic E-state index is -3.75. The van der Waals surface area contributed by atoms with E-state index >= 15 is 0 Å². The van der Waals surface area contributed by atoms with E-state index < -0.39 is 10.0 Å². The van der Waals surface area contributed by atoms with Gasteiger partial charge in [-0.1, -0.05) is 24.3 Å². The molecule has 8 nitrogen and oxygen atoms in total. The lowest BCUT2D eigenvalue weighted by Crippen LogP contribution is -2.26. The maximum Gasteiger partial charge on any atom is 0.264 e. The zero-order chi connectivity index (χ0) is 22.6. The lowest BCUT2D eigenvalue weighted by Gasteiger charge is -2.19. The number of carbonyl (C=O) groups excluding carboxylic acids is 1. The van der Waals surface area contributed by atoms with Crippen LogP contribution in [-0.4, -0.2) is 36.1 Å². The molecule has 9 heteroatoms. The maximum atomic E-state index is 12.9. The van der Waals surface area contributed by atoms with Crippen molar-refractivity contribution in [3.05, 3.63) is 103 Å². The van der Waals surface area contributed by atoms with Gasteiger partial charge in [0.15, 0.2) is 0 Å². The highest BCUT2D eigenvalue weighted by Crippen LogP contribution is 2.22. The molecule has 32 heavy (non-hydrogen) atoms. The molecule has 2 aromatic heterocycles. The summed E-state index contributed by atoms with van der Waals surface area (Å²) in [6, 6.07) is 21.9. The number of aromatic nitrogens is 3. The van der Waals surface area contributed by atoms with E-state index in [0.29, 0.717) is 23.6 Å². The average molecular weight is 448 g/mol. The van der Waals surface area contributed by atoms with Crippen molar-refractivity contribution in [3.63, 3.8) is 0 Å². The monoisotopic (exact) mass is 447 g/mol. The first-order valence-electron chi connectivity index (χ1n) is 9.82. The van der Waals surface area contributed by atoms with Gasteiger partial charge in [0, 0.05) is 24.9 Å². The summed E-state index contributed by atoms with van der Waals surface area (Å²) in [5.74, 6) is 0.147. The van der Waals surface area contributed by atoms with Gasteiger partial charge >= 0.3 is 0 Å². The number of amides is 1. The Morgan fingerprint density at radius 1 is 0.938 bits per heavy atom. The molecule has 1 N–H and O–H groups in total. The van der Waals surface area contributed by atoms with Crippen molar-refractivity contribution in [3.8, 4) is 0 Å². The molecule has 4 aromatic rings. The number of para-hydroxylation sites is 1. The molecule has 0 unspecified atom stereocenters. The summed E-state index contributed by atoms with van der Waals surface area (Å²) in [6.07, 6.45) is 3.29. The van der Waals surface area contributed by atoms with Gasteiger partial charge in [0.2, 0.25) is 0 Å². The van der Waals surface area contributed by atoms with E-state index in [2.05, 4.69) is 15.4 Å². The van der Waals surface area contributed by atoms with Crippen molar-refractivity contribution in [1.82, 2.24) is 14.8 Å². The number of hydrogen-bond donors (Lipinski definition) is 1. The number of anilines is 2. The highest BCUT2D eigenvalue weighted by atomic mass is 32.2. The van der Waals surface area contributed by atoms with Crippen LogP contribution in [-0.2, 0) is 16.6 Å². The Morgan fingerprint density at radius 3 is 2.34 bits per heavy atom. The summed E-state index contributed by atoms with van der Waals surface area (Å²) in [7, 11) is -2.25. The highest BCUT2D eigenvalue weighted by Gasteiger charge is 2.21. The van der Waals surface area contributed by atoms with Gasteiger partial charge in [-0.25, -0.2) is 13.1 Å². The van der Waals surface area contributed by atoms with Crippen LogP contribution in [0.3, 0.4) is 0 Å². The molecule has 0 saturated carbocycles. The normalized spacial score (nSPS) is 11.2. The molecule has 0 spiro atoms. The third-order valence-corrected chi connectivity index (χ3v) is 6.69. The van der Waals surface area contributed by atoms with Crippen LogP contribution < -0.4 is 9.62 Å². The smallest absolute Gasteiger partial charge is 0.264 e. The summed E-state index contributed by atoms with van der Waals surface area (Å²) in [6.45, 7) is 0.409. The molecule has 0 fully saturated rings. The summed E-state index contributed by atoms with van der Waals surface area (Å²) in [5.41, 5.74) is 1.69. The van der Waals surface area contributed by atoms with Crippen LogP contribution in [0.2, 0.25) is 0 Å². The van der Waals surface area contributed by atoms with Gasteiger partial charge in [0.1, 0.15) is 5.82 Å². The third-order valence-electron chi connectivity index (χ3n) is 4.89. The molecular weight excluding hydrogens is 426 g/mol. The Labute approximate surface area is 186 Å². The van der Waals surface area contributed by atoms with Crippen molar-refractivity contribution >= 4 is 27.4 Å². The number of pyridine rings is 1. The van der Waals surface area contributed by atoms with Crippen LogP contribution in [0.15, 0.2) is 96.2 Å². The maximum absolute atomic E-state index is 12.9. The van der Waals surface area contributed by atoms with E-state index in [0.717, 1.165) is 5.69 Å². The first-order valence-corrected chi connectivity index (χ1v) is 11.3. The van der Waals surface area contributed by atoms with Gasteiger partial charge in [0.05, 0.1) is 29.0 Å². The number of sulfonamides is 1. The first-order chi connectivity index (χ1) is 15.4. The lowest BCUT2D eigenvalue weighted by molar-refractivity contribution is 0.102. The lowest BCUT2D eigenvalue weighted by atomic mass is 10.2. The van der Waals surface area contributed by atoms with E-state index in [1.54, 1.807) is 47.4 Å². The highest BCUT2D eigenvalue weighted by molar-refractivity contribution is 7.92. The molecule has 0 radical (unpaired) electrons. The Balaban J connectivity index is 1.48. The predicted molar refractivity (Wildman–Crippen MR) is 122 cm³/mol. The van der Waals surface area contributed by atoms with Gasteiger partial charge in [-0.15, -0.1) is 0 Å². The van der Waals surface area contributed by atoms with Crippen LogP contribution >= 0.6 is 0 Å². The molecule has 162 valence electrons. The van der Waals surface area contributed by atoms with E-state index in [1.807, 2.05) is 24.3 Å². The van der Waals surface area contributed by atoms with Crippen LogP contribution in [0, 0.1) is 0 Å². The summed E-state index contributed by atoms with van der Waals surface area (Å²) >= 11 is 0. The van der Waals surface area contributed by atoms with E-state index in [4.69, 9.17) is 0 Å². The predicted octanol–water partition coefficient (Wildman–Crippen LogP) is 3.40. The van der Waals surface area contributed by atoms with Gasteiger partial charge in [-0.3, -0.25) is 14.1 Å². The number of hydrogen-bond acceptors (Lipinski definition) is 5. The third kappa shape index (κ3) is 4.52. The zero-order valence-corrected chi connectivity index (χ0v) is 18.1. The van der Waals surface area contributed by atoms with Crippen LogP contribution in [0.1, 0.15) is 16.1 Å². The van der Waals surface area contributed by atoms with Gasteiger partial charge in [-0.05, 0) is 48.5 Å². The Morgan fingerprint density at radius 2 is 1.66 bits per heavy atom. The van der Waals surface area contributed by atoms with Crippen molar-refractivity contribution in [2.45, 2.75) is 11.4 Å². The molecule has 2 aromatic carbocycles. The number of benzene rings is 2. The standard InChI is InChI=1S/C23H21N5O3S/c1-27(20-8-3-2-4-9-20)32(30,31)21-12-10-18(11-13-21)23(29)26-22-14-16-25-28(22)17-19-7-5-6-15-24-19/h2-16H,17H2,1H3,(H,26,29). The van der Waals surface area contributed by atoms with Crippen molar-refractivity contribution in [1.29, 1.82) is 0 Å². The van der Waals surface area contributed by atoms with Crippen molar-refractivity contribution in [2.24, 2.45) is 0 Å². The van der Waals surface area contributed by atoms with E-state index in [9.17, 15) is 13.2 Å². The summed E-state index contributed by atoms with van der Waals surface area (Å²) in [4.78, 5) is 17.1. The second-order valence-corrected chi connectivity index (χ2v) is 8.95. The topological polar surface area (TPSA) is 97.2 Å². The minimum absolute atomic E-state index is 0.0978. The molecular formula is C23H21N5O3S. The number of nitrogens with one attached hydrogen (secondary N) is 1. The number of rotatable bonds is 7. The fourth-order valence-corrected chi connectivity index (χ4v) is 4.31. The molecule has 0 aliphatic rings. The Hall–Kier alpha value is -3.98.